The van der Waals surface area contributed by atoms with Crippen LogP contribution in [-0.4, -0.2) is 15.8 Å². The molecule has 2 nitrogen and oxygen atoms in total. The standard InChI is InChI=1S/C14H11F4NOS/c15-11-3-1-2-4-13(11)21-8-12(20)9-7-19-6-5-10(9)14(16,17)18/h1-7,12,20H,8H2. The van der Waals surface area contributed by atoms with Gasteiger partial charge in [-0.2, -0.15) is 13.2 Å². The third-order valence-electron chi connectivity index (χ3n) is 2.75. The van der Waals surface area contributed by atoms with Crippen molar-refractivity contribution >= 4 is 11.8 Å². The molecule has 0 aliphatic heterocycles. The van der Waals surface area contributed by atoms with E-state index in [1.165, 1.54) is 18.2 Å². The monoisotopic (exact) mass is 317 g/mol. The highest BCUT2D eigenvalue weighted by Gasteiger charge is 2.35. The zero-order valence-corrected chi connectivity index (χ0v) is 11.5. The minimum atomic E-state index is -4.57. The summed E-state index contributed by atoms with van der Waals surface area (Å²) in [5.74, 6) is -0.577. The SMILES string of the molecule is OC(CSc1ccccc1F)c1cnccc1C(F)(F)F. The fraction of sp³-hybridized carbons (Fsp3) is 0.214. The molecule has 0 saturated heterocycles. The summed E-state index contributed by atoms with van der Waals surface area (Å²) in [5.41, 5.74) is -1.24. The topological polar surface area (TPSA) is 33.1 Å². The van der Waals surface area contributed by atoms with E-state index in [4.69, 9.17) is 0 Å². The van der Waals surface area contributed by atoms with Crippen LogP contribution in [0.25, 0.3) is 0 Å². The van der Waals surface area contributed by atoms with Crippen LogP contribution < -0.4 is 0 Å². The number of rotatable bonds is 4. The molecule has 112 valence electrons. The zero-order valence-electron chi connectivity index (χ0n) is 10.6. The van der Waals surface area contributed by atoms with Gasteiger partial charge >= 0.3 is 6.18 Å². The Morgan fingerprint density at radius 2 is 1.90 bits per heavy atom. The van der Waals surface area contributed by atoms with Crippen molar-refractivity contribution in [1.29, 1.82) is 0 Å². The molecular formula is C14H11F4NOS. The first-order valence-corrected chi connectivity index (χ1v) is 6.94. The quantitative estimate of drug-likeness (QED) is 0.682. The van der Waals surface area contributed by atoms with Gasteiger partial charge in [-0.05, 0) is 18.2 Å². The lowest BCUT2D eigenvalue weighted by Crippen LogP contribution is -2.13. The number of hydrogen-bond donors (Lipinski definition) is 1. The Morgan fingerprint density at radius 3 is 2.57 bits per heavy atom. The number of thioether (sulfide) groups is 1. The molecule has 7 heteroatoms. The van der Waals surface area contributed by atoms with Crippen LogP contribution in [0, 0.1) is 5.82 Å². The molecule has 0 spiro atoms. The third-order valence-corrected chi connectivity index (χ3v) is 3.87. The van der Waals surface area contributed by atoms with Gasteiger partial charge in [-0.25, -0.2) is 4.39 Å². The van der Waals surface area contributed by atoms with Crippen molar-refractivity contribution in [1.82, 2.24) is 4.98 Å². The van der Waals surface area contributed by atoms with Crippen molar-refractivity contribution < 1.29 is 22.7 Å². The van der Waals surface area contributed by atoms with Crippen LogP contribution in [0.15, 0.2) is 47.6 Å². The van der Waals surface area contributed by atoms with Crippen molar-refractivity contribution in [2.45, 2.75) is 17.2 Å². The highest BCUT2D eigenvalue weighted by Crippen LogP contribution is 2.35. The Labute approximate surface area is 122 Å². The number of hydrogen-bond acceptors (Lipinski definition) is 3. The Morgan fingerprint density at radius 1 is 1.19 bits per heavy atom. The predicted molar refractivity (Wildman–Crippen MR) is 71.3 cm³/mol. The van der Waals surface area contributed by atoms with Crippen LogP contribution >= 0.6 is 11.8 Å². The van der Waals surface area contributed by atoms with Crippen LogP contribution in [0.1, 0.15) is 17.2 Å². The molecule has 1 aromatic heterocycles. The fourth-order valence-corrected chi connectivity index (χ4v) is 2.65. The van der Waals surface area contributed by atoms with Gasteiger partial charge in [0.2, 0.25) is 0 Å². The number of alkyl halides is 3. The van der Waals surface area contributed by atoms with E-state index in [9.17, 15) is 22.7 Å². The van der Waals surface area contributed by atoms with Gasteiger partial charge in [-0.3, -0.25) is 4.98 Å². The third kappa shape index (κ3) is 3.95. The summed E-state index contributed by atoms with van der Waals surface area (Å²) < 4.78 is 51.9. The van der Waals surface area contributed by atoms with Crippen LogP contribution in [0.2, 0.25) is 0 Å². The van der Waals surface area contributed by atoms with Gasteiger partial charge in [0.25, 0.3) is 0 Å². The number of pyridine rings is 1. The first kappa shape index (κ1) is 15.8. The zero-order chi connectivity index (χ0) is 15.5. The second-order valence-electron chi connectivity index (χ2n) is 4.22. The fourth-order valence-electron chi connectivity index (χ4n) is 1.75. The molecule has 21 heavy (non-hydrogen) atoms. The number of aliphatic hydroxyl groups is 1. The van der Waals surface area contributed by atoms with Crippen LogP contribution in [0.5, 0.6) is 0 Å². The van der Waals surface area contributed by atoms with E-state index >= 15 is 0 Å². The number of halogens is 4. The van der Waals surface area contributed by atoms with Crippen LogP contribution in [-0.2, 0) is 6.18 Å². The molecule has 0 fully saturated rings. The van der Waals surface area contributed by atoms with E-state index < -0.39 is 23.7 Å². The summed E-state index contributed by atoms with van der Waals surface area (Å²) in [7, 11) is 0. The maximum Gasteiger partial charge on any atom is 0.416 e. The molecule has 0 aliphatic carbocycles. The minimum absolute atomic E-state index is 0.101. The smallest absolute Gasteiger partial charge is 0.387 e. The molecule has 1 heterocycles. The lowest BCUT2D eigenvalue weighted by Gasteiger charge is -2.16. The Hall–Kier alpha value is -1.60. The van der Waals surface area contributed by atoms with Gasteiger partial charge in [0, 0.05) is 28.6 Å². The number of aromatic nitrogens is 1. The van der Waals surface area contributed by atoms with Crippen LogP contribution in [0.3, 0.4) is 0 Å². The Bertz CT molecular complexity index is 618. The van der Waals surface area contributed by atoms with Gasteiger partial charge in [0.05, 0.1) is 11.7 Å². The molecule has 2 aromatic rings. The summed E-state index contributed by atoms with van der Waals surface area (Å²) >= 11 is 0.949. The number of nitrogens with zero attached hydrogens (tertiary/aromatic N) is 1. The molecular weight excluding hydrogens is 306 g/mol. The molecule has 1 aromatic carbocycles. The lowest BCUT2D eigenvalue weighted by atomic mass is 10.1. The van der Waals surface area contributed by atoms with Crippen molar-refractivity contribution in [3.05, 3.63) is 59.7 Å². The first-order valence-electron chi connectivity index (χ1n) is 5.96. The average molecular weight is 317 g/mol. The molecule has 2 rings (SSSR count). The van der Waals surface area contributed by atoms with E-state index in [2.05, 4.69) is 4.98 Å². The van der Waals surface area contributed by atoms with E-state index in [1.54, 1.807) is 6.07 Å². The van der Waals surface area contributed by atoms with Gasteiger partial charge < -0.3 is 5.11 Å². The van der Waals surface area contributed by atoms with Crippen molar-refractivity contribution in [2.75, 3.05) is 5.75 Å². The molecule has 0 radical (unpaired) electrons. The maximum atomic E-state index is 13.4. The summed E-state index contributed by atoms with van der Waals surface area (Å²) in [5, 5.41) is 9.93. The molecule has 1 N–H and O–H groups in total. The lowest BCUT2D eigenvalue weighted by molar-refractivity contribution is -0.139. The Kier molecular flexibility index (Phi) is 4.84. The highest BCUT2D eigenvalue weighted by atomic mass is 32.2. The van der Waals surface area contributed by atoms with Crippen molar-refractivity contribution in [3.63, 3.8) is 0 Å². The van der Waals surface area contributed by atoms with Gasteiger partial charge in [0.15, 0.2) is 0 Å². The molecule has 0 bridgehead atoms. The molecule has 0 amide bonds. The summed E-state index contributed by atoms with van der Waals surface area (Å²) in [6.45, 7) is 0. The summed E-state index contributed by atoms with van der Waals surface area (Å²) in [6, 6.07) is 6.69. The molecule has 1 unspecified atom stereocenters. The molecule has 0 aliphatic rings. The first-order chi connectivity index (χ1) is 9.89. The normalized spacial score (nSPS) is 13.2. The Balaban J connectivity index is 2.15. The van der Waals surface area contributed by atoms with E-state index in [-0.39, 0.29) is 16.2 Å². The largest absolute Gasteiger partial charge is 0.416 e. The molecule has 1 atom stereocenters. The van der Waals surface area contributed by atoms with E-state index in [1.807, 2.05) is 0 Å². The maximum absolute atomic E-state index is 13.4. The summed E-state index contributed by atoms with van der Waals surface area (Å²) in [6.07, 6.45) is -3.96. The van der Waals surface area contributed by atoms with Gasteiger partial charge in [-0.1, -0.05) is 12.1 Å². The van der Waals surface area contributed by atoms with Crippen molar-refractivity contribution in [3.8, 4) is 0 Å². The van der Waals surface area contributed by atoms with Crippen LogP contribution in [0.4, 0.5) is 17.6 Å². The van der Waals surface area contributed by atoms with Gasteiger partial charge in [0.1, 0.15) is 5.82 Å². The molecule has 0 saturated carbocycles. The highest BCUT2D eigenvalue weighted by molar-refractivity contribution is 7.99. The van der Waals surface area contributed by atoms with Crippen molar-refractivity contribution in [2.24, 2.45) is 0 Å². The number of benzene rings is 1. The number of aliphatic hydroxyl groups excluding tert-OH is 1. The van der Waals surface area contributed by atoms with E-state index in [0.717, 1.165) is 30.2 Å². The van der Waals surface area contributed by atoms with E-state index in [0.29, 0.717) is 0 Å². The average Bonchev–Trinajstić information content (AvgIpc) is 2.45. The van der Waals surface area contributed by atoms with Gasteiger partial charge in [-0.15, -0.1) is 11.8 Å². The predicted octanol–water partition coefficient (Wildman–Crippen LogP) is 4.07. The summed E-state index contributed by atoms with van der Waals surface area (Å²) in [4.78, 5) is 3.88. The second-order valence-corrected chi connectivity index (χ2v) is 5.28. The minimum Gasteiger partial charge on any atom is -0.387 e. The second kappa shape index (κ2) is 6.44.